The van der Waals surface area contributed by atoms with Crippen LogP contribution >= 0.6 is 11.8 Å². The monoisotopic (exact) mass is 348 g/mol. The van der Waals surface area contributed by atoms with E-state index >= 15 is 0 Å². The first kappa shape index (κ1) is 18.1. The lowest BCUT2D eigenvalue weighted by atomic mass is 10.2. The van der Waals surface area contributed by atoms with E-state index in [9.17, 15) is 14.4 Å². The van der Waals surface area contributed by atoms with Crippen LogP contribution in [0.3, 0.4) is 0 Å². The summed E-state index contributed by atoms with van der Waals surface area (Å²) in [5, 5.41) is 3.23. The molecule has 1 aromatic rings. The minimum absolute atomic E-state index is 0.202. The van der Waals surface area contributed by atoms with E-state index in [1.165, 1.54) is 22.7 Å². The van der Waals surface area contributed by atoms with Crippen LogP contribution in [0.1, 0.15) is 19.4 Å². The van der Waals surface area contributed by atoms with Gasteiger partial charge in [0.15, 0.2) is 0 Å². The number of anilines is 1. The molecule has 2 amide bonds. The average molecular weight is 348 g/mol. The average Bonchev–Trinajstić information content (AvgIpc) is 2.87. The summed E-state index contributed by atoms with van der Waals surface area (Å²) in [4.78, 5) is 37.5. The first-order valence-corrected chi connectivity index (χ1v) is 8.61. The minimum Gasteiger partial charge on any atom is -0.463 e. The number of hydrogen-bond acceptors (Lipinski definition) is 5. The van der Waals surface area contributed by atoms with Crippen LogP contribution in [-0.4, -0.2) is 41.1 Å². The molecule has 0 saturated carbocycles. The van der Waals surface area contributed by atoms with E-state index in [-0.39, 0.29) is 24.2 Å². The Morgan fingerprint density at radius 3 is 2.88 bits per heavy atom. The van der Waals surface area contributed by atoms with E-state index in [4.69, 9.17) is 4.74 Å². The molecule has 1 unspecified atom stereocenters. The summed E-state index contributed by atoms with van der Waals surface area (Å²) in [6, 6.07) is 6.68. The number of rotatable bonds is 5. The molecule has 0 aromatic heterocycles. The highest BCUT2D eigenvalue weighted by molar-refractivity contribution is 8.04. The van der Waals surface area contributed by atoms with Gasteiger partial charge in [0.2, 0.25) is 11.8 Å². The zero-order chi connectivity index (χ0) is 17.7. The molecule has 0 bridgehead atoms. The molecule has 24 heavy (non-hydrogen) atoms. The molecule has 1 atom stereocenters. The van der Waals surface area contributed by atoms with Gasteiger partial charge in [-0.15, -0.1) is 0 Å². The summed E-state index contributed by atoms with van der Waals surface area (Å²) in [7, 11) is 0. The smallest absolute Gasteiger partial charge is 0.333 e. The molecule has 1 aromatic carbocycles. The molecule has 128 valence electrons. The van der Waals surface area contributed by atoms with E-state index in [0.29, 0.717) is 10.7 Å². The lowest BCUT2D eigenvalue weighted by Gasteiger charge is -2.24. The minimum atomic E-state index is -0.728. The molecule has 7 heteroatoms. The summed E-state index contributed by atoms with van der Waals surface area (Å²) < 4.78 is 4.87. The van der Waals surface area contributed by atoms with Gasteiger partial charge in [-0.2, -0.15) is 0 Å². The summed E-state index contributed by atoms with van der Waals surface area (Å²) >= 11 is 1.22. The topological polar surface area (TPSA) is 75.7 Å². The number of carbonyl (C=O) groups is 3. The third kappa shape index (κ3) is 4.38. The summed E-state index contributed by atoms with van der Waals surface area (Å²) in [5.41, 5.74) is 1.69. The van der Waals surface area contributed by atoms with E-state index < -0.39 is 12.0 Å². The fourth-order valence-electron chi connectivity index (χ4n) is 2.29. The molecule has 6 nitrogen and oxygen atoms in total. The SMILES string of the molecule is CCOC(=O)/C=C1\SCC(=O)N1C(C)C(=O)Nc1cccc(C)c1. The van der Waals surface area contributed by atoms with Gasteiger partial charge in [0.05, 0.1) is 23.5 Å². The van der Waals surface area contributed by atoms with Crippen molar-refractivity contribution < 1.29 is 19.1 Å². The van der Waals surface area contributed by atoms with Gasteiger partial charge >= 0.3 is 5.97 Å². The first-order chi connectivity index (χ1) is 11.4. The molecule has 1 heterocycles. The van der Waals surface area contributed by atoms with Crippen LogP contribution in [0, 0.1) is 6.92 Å². The molecule has 0 spiro atoms. The Morgan fingerprint density at radius 1 is 1.46 bits per heavy atom. The zero-order valence-electron chi connectivity index (χ0n) is 13.9. The predicted octanol–water partition coefficient (Wildman–Crippen LogP) is 2.30. The second-order valence-electron chi connectivity index (χ2n) is 5.32. The maximum Gasteiger partial charge on any atom is 0.333 e. The third-order valence-electron chi connectivity index (χ3n) is 3.43. The fraction of sp³-hybridized carbons (Fsp3) is 0.353. The Morgan fingerprint density at radius 2 is 2.21 bits per heavy atom. The summed E-state index contributed by atoms with van der Waals surface area (Å²) in [6.45, 7) is 5.53. The van der Waals surface area contributed by atoms with Gasteiger partial charge in [0.1, 0.15) is 6.04 Å². The number of aryl methyl sites for hydroxylation is 1. The maximum atomic E-state index is 12.5. The lowest BCUT2D eigenvalue weighted by Crippen LogP contribution is -2.42. The van der Waals surface area contributed by atoms with Gasteiger partial charge in [-0.25, -0.2) is 4.79 Å². The molecule has 1 fully saturated rings. The van der Waals surface area contributed by atoms with E-state index in [1.54, 1.807) is 19.9 Å². The number of esters is 1. The number of thioether (sulfide) groups is 1. The Labute approximate surface area is 145 Å². The highest BCUT2D eigenvalue weighted by atomic mass is 32.2. The second kappa shape index (κ2) is 8.01. The largest absolute Gasteiger partial charge is 0.463 e. The van der Waals surface area contributed by atoms with Crippen molar-refractivity contribution in [1.82, 2.24) is 4.90 Å². The van der Waals surface area contributed by atoms with Crippen molar-refractivity contribution in [2.24, 2.45) is 0 Å². The standard InChI is InChI=1S/C17H20N2O4S/c1-4-23-16(21)9-15-19(14(20)10-24-15)12(3)17(22)18-13-7-5-6-11(2)8-13/h5-9,12H,4,10H2,1-3H3,(H,18,22)/b15-9-. The number of nitrogens with zero attached hydrogens (tertiary/aromatic N) is 1. The Bertz CT molecular complexity index is 687. The molecule has 0 aliphatic carbocycles. The van der Waals surface area contributed by atoms with Gasteiger partial charge in [-0.1, -0.05) is 23.9 Å². The Balaban J connectivity index is 2.13. The van der Waals surface area contributed by atoms with Crippen LogP contribution in [0.25, 0.3) is 0 Å². The van der Waals surface area contributed by atoms with Gasteiger partial charge in [0.25, 0.3) is 0 Å². The maximum absolute atomic E-state index is 12.5. The van der Waals surface area contributed by atoms with Crippen LogP contribution in [0.2, 0.25) is 0 Å². The fourth-order valence-corrected chi connectivity index (χ4v) is 3.28. The van der Waals surface area contributed by atoms with Gasteiger partial charge in [-0.05, 0) is 38.5 Å². The van der Waals surface area contributed by atoms with Gasteiger partial charge < -0.3 is 10.1 Å². The number of amides is 2. The molecule has 1 N–H and O–H groups in total. The number of ether oxygens (including phenoxy) is 1. The molecule has 1 saturated heterocycles. The number of hydrogen-bond donors (Lipinski definition) is 1. The summed E-state index contributed by atoms with van der Waals surface area (Å²) in [6.07, 6.45) is 1.26. The Kier molecular flexibility index (Phi) is 6.03. The van der Waals surface area contributed by atoms with Crippen LogP contribution < -0.4 is 5.32 Å². The van der Waals surface area contributed by atoms with Gasteiger partial charge in [0, 0.05) is 5.69 Å². The Hall–Kier alpha value is -2.28. The van der Waals surface area contributed by atoms with Crippen molar-refractivity contribution in [3.05, 3.63) is 40.9 Å². The molecular weight excluding hydrogens is 328 g/mol. The highest BCUT2D eigenvalue weighted by Crippen LogP contribution is 2.31. The third-order valence-corrected chi connectivity index (χ3v) is 4.43. The normalized spacial score (nSPS) is 17.0. The van der Waals surface area contributed by atoms with Crippen molar-refractivity contribution in [2.45, 2.75) is 26.8 Å². The molecular formula is C17H20N2O4S. The lowest BCUT2D eigenvalue weighted by molar-refractivity contribution is -0.137. The first-order valence-electron chi connectivity index (χ1n) is 7.63. The number of benzene rings is 1. The van der Waals surface area contributed by atoms with E-state index in [1.807, 2.05) is 25.1 Å². The predicted molar refractivity (Wildman–Crippen MR) is 93.3 cm³/mol. The number of nitrogens with one attached hydrogen (secondary N) is 1. The zero-order valence-corrected chi connectivity index (χ0v) is 14.7. The van der Waals surface area contributed by atoms with Crippen LogP contribution in [0.5, 0.6) is 0 Å². The van der Waals surface area contributed by atoms with Crippen LogP contribution in [-0.2, 0) is 19.1 Å². The molecule has 0 radical (unpaired) electrons. The van der Waals surface area contributed by atoms with Crippen molar-refractivity contribution in [3.8, 4) is 0 Å². The summed E-state index contributed by atoms with van der Waals surface area (Å²) in [5.74, 6) is -0.840. The second-order valence-corrected chi connectivity index (χ2v) is 6.32. The van der Waals surface area contributed by atoms with Crippen LogP contribution in [0.15, 0.2) is 35.4 Å². The molecule has 1 aliphatic rings. The van der Waals surface area contributed by atoms with Gasteiger partial charge in [-0.3, -0.25) is 14.5 Å². The van der Waals surface area contributed by atoms with Crippen molar-refractivity contribution >= 4 is 35.2 Å². The van der Waals surface area contributed by atoms with Crippen molar-refractivity contribution in [1.29, 1.82) is 0 Å². The van der Waals surface area contributed by atoms with Crippen LogP contribution in [0.4, 0.5) is 5.69 Å². The number of carbonyl (C=O) groups excluding carboxylic acids is 3. The van der Waals surface area contributed by atoms with Crippen molar-refractivity contribution in [2.75, 3.05) is 17.7 Å². The highest BCUT2D eigenvalue weighted by Gasteiger charge is 2.34. The molecule has 1 aliphatic heterocycles. The van der Waals surface area contributed by atoms with E-state index in [2.05, 4.69) is 5.32 Å². The quantitative estimate of drug-likeness (QED) is 0.653. The van der Waals surface area contributed by atoms with E-state index in [0.717, 1.165) is 5.56 Å². The van der Waals surface area contributed by atoms with Crippen molar-refractivity contribution in [3.63, 3.8) is 0 Å². The molecule has 2 rings (SSSR count).